The number of hydrogen-bond acceptors (Lipinski definition) is 2. The Labute approximate surface area is 148 Å². The first kappa shape index (κ1) is 18.7. The Bertz CT molecular complexity index is 757. The highest BCUT2D eigenvalue weighted by Gasteiger charge is 2.21. The lowest BCUT2D eigenvalue weighted by Gasteiger charge is -2.19. The van der Waals surface area contributed by atoms with Crippen molar-refractivity contribution in [3.8, 4) is 0 Å². The summed E-state index contributed by atoms with van der Waals surface area (Å²) >= 11 is 0. The molecule has 2 aromatic rings. The molecule has 0 aliphatic rings. The maximum absolute atomic E-state index is 12.4. The number of aliphatic carboxylic acids is 1. The van der Waals surface area contributed by atoms with Gasteiger partial charge in [-0.2, -0.15) is 0 Å². The summed E-state index contributed by atoms with van der Waals surface area (Å²) in [5, 5.41) is 12.1. The van der Waals surface area contributed by atoms with E-state index in [2.05, 4.69) is 26.1 Å². The van der Waals surface area contributed by atoms with E-state index in [9.17, 15) is 14.7 Å². The Balaban J connectivity index is 2.11. The van der Waals surface area contributed by atoms with Crippen LogP contribution in [0.15, 0.2) is 48.5 Å². The molecule has 4 nitrogen and oxygen atoms in total. The highest BCUT2D eigenvalue weighted by atomic mass is 16.4. The highest BCUT2D eigenvalue weighted by Crippen LogP contribution is 2.22. The first-order valence-corrected chi connectivity index (χ1v) is 8.36. The summed E-state index contributed by atoms with van der Waals surface area (Å²) in [6, 6.07) is 14.0. The normalized spacial score (nSPS) is 12.5. The minimum absolute atomic E-state index is 0.00375. The monoisotopic (exact) mass is 339 g/mol. The number of carbonyl (C=O) groups is 2. The fraction of sp³-hybridized carbons (Fsp3) is 0.333. The number of amides is 1. The molecule has 0 spiro atoms. The van der Waals surface area contributed by atoms with Gasteiger partial charge in [0.2, 0.25) is 0 Å². The summed E-state index contributed by atoms with van der Waals surface area (Å²) in [4.78, 5) is 23.9. The van der Waals surface area contributed by atoms with Crippen LogP contribution in [0.25, 0.3) is 0 Å². The van der Waals surface area contributed by atoms with Crippen LogP contribution in [0.1, 0.15) is 47.8 Å². The van der Waals surface area contributed by atoms with Crippen molar-refractivity contribution in [1.29, 1.82) is 0 Å². The summed E-state index contributed by atoms with van der Waals surface area (Å²) in [5.41, 5.74) is 3.53. The van der Waals surface area contributed by atoms with E-state index in [1.807, 2.05) is 43.3 Å². The van der Waals surface area contributed by atoms with E-state index in [-0.39, 0.29) is 17.7 Å². The molecular formula is C21H25NO3. The number of carbonyl (C=O) groups excluding carboxylic acids is 1. The van der Waals surface area contributed by atoms with Gasteiger partial charge in [-0.1, -0.05) is 62.7 Å². The van der Waals surface area contributed by atoms with Crippen LogP contribution in [0.5, 0.6) is 0 Å². The fourth-order valence-corrected chi connectivity index (χ4v) is 2.64. The Morgan fingerprint density at radius 2 is 1.72 bits per heavy atom. The van der Waals surface area contributed by atoms with Gasteiger partial charge in [0.05, 0.1) is 0 Å². The lowest BCUT2D eigenvalue weighted by Crippen LogP contribution is -2.42. The zero-order chi connectivity index (χ0) is 18.6. The van der Waals surface area contributed by atoms with Crippen molar-refractivity contribution in [2.24, 2.45) is 0 Å². The Hall–Kier alpha value is -2.62. The fourth-order valence-electron chi connectivity index (χ4n) is 2.64. The minimum atomic E-state index is -1.04. The molecule has 0 heterocycles. The second-order valence-electron chi connectivity index (χ2n) is 7.38. The molecule has 0 fully saturated rings. The molecule has 2 N–H and O–H groups in total. The van der Waals surface area contributed by atoms with Gasteiger partial charge in [0, 0.05) is 12.0 Å². The van der Waals surface area contributed by atoms with E-state index in [4.69, 9.17) is 0 Å². The molecule has 1 atom stereocenters. The topological polar surface area (TPSA) is 66.4 Å². The van der Waals surface area contributed by atoms with Gasteiger partial charge in [-0.3, -0.25) is 4.79 Å². The Kier molecular flexibility index (Phi) is 5.62. The molecule has 1 amide bonds. The van der Waals surface area contributed by atoms with E-state index in [1.165, 1.54) is 0 Å². The first-order valence-electron chi connectivity index (χ1n) is 8.36. The number of benzene rings is 2. The van der Waals surface area contributed by atoms with Gasteiger partial charge >= 0.3 is 5.97 Å². The van der Waals surface area contributed by atoms with Crippen molar-refractivity contribution in [3.05, 3.63) is 70.8 Å². The number of aryl methyl sites for hydroxylation is 1. The molecular weight excluding hydrogens is 314 g/mol. The maximum Gasteiger partial charge on any atom is 0.326 e. The predicted octanol–water partition coefficient (Wildman–Crippen LogP) is 3.72. The van der Waals surface area contributed by atoms with Crippen molar-refractivity contribution in [2.75, 3.05) is 0 Å². The van der Waals surface area contributed by atoms with Crippen LogP contribution in [0.3, 0.4) is 0 Å². The van der Waals surface area contributed by atoms with Crippen molar-refractivity contribution in [1.82, 2.24) is 5.32 Å². The molecule has 0 bridgehead atoms. The van der Waals surface area contributed by atoms with Crippen molar-refractivity contribution < 1.29 is 14.7 Å². The van der Waals surface area contributed by atoms with E-state index in [1.54, 1.807) is 12.1 Å². The molecule has 0 unspecified atom stereocenters. The van der Waals surface area contributed by atoms with Gasteiger partial charge in [0.25, 0.3) is 5.91 Å². The molecule has 0 saturated carbocycles. The van der Waals surface area contributed by atoms with Crippen LogP contribution < -0.4 is 5.32 Å². The highest BCUT2D eigenvalue weighted by molar-refractivity contribution is 5.96. The SMILES string of the molecule is Cc1cccc(C[C@H](NC(=O)c2ccc(C(C)(C)C)cc2)C(=O)O)c1. The summed E-state index contributed by atoms with van der Waals surface area (Å²) in [5.74, 6) is -1.42. The molecule has 4 heteroatoms. The van der Waals surface area contributed by atoms with Crippen molar-refractivity contribution in [3.63, 3.8) is 0 Å². The summed E-state index contributed by atoms with van der Waals surface area (Å²) in [7, 11) is 0. The largest absolute Gasteiger partial charge is 0.480 e. The number of carboxylic acid groups (broad SMARTS) is 1. The van der Waals surface area contributed by atoms with E-state index < -0.39 is 12.0 Å². The first-order chi connectivity index (χ1) is 11.7. The number of carboxylic acids is 1. The molecule has 0 aliphatic carbocycles. The molecule has 0 radical (unpaired) electrons. The lowest BCUT2D eigenvalue weighted by molar-refractivity contribution is -0.139. The molecule has 132 valence electrons. The summed E-state index contributed by atoms with van der Waals surface area (Å²) in [6.07, 6.45) is 0.253. The summed E-state index contributed by atoms with van der Waals surface area (Å²) < 4.78 is 0. The van der Waals surface area contributed by atoms with Crippen LogP contribution in [-0.2, 0) is 16.6 Å². The van der Waals surface area contributed by atoms with Crippen LogP contribution >= 0.6 is 0 Å². The number of hydrogen-bond donors (Lipinski definition) is 2. The average molecular weight is 339 g/mol. The number of rotatable bonds is 5. The standard InChI is InChI=1S/C21H25NO3/c1-14-6-5-7-15(12-14)13-18(20(24)25)22-19(23)16-8-10-17(11-9-16)21(2,3)4/h5-12,18H,13H2,1-4H3,(H,22,23)(H,24,25)/t18-/m0/s1. The van der Waals surface area contributed by atoms with Gasteiger partial charge in [-0.05, 0) is 35.6 Å². The quantitative estimate of drug-likeness (QED) is 0.872. The van der Waals surface area contributed by atoms with Crippen LogP contribution in [0.2, 0.25) is 0 Å². The van der Waals surface area contributed by atoms with Gasteiger partial charge in [0.15, 0.2) is 0 Å². The second kappa shape index (κ2) is 7.51. The minimum Gasteiger partial charge on any atom is -0.480 e. The van der Waals surface area contributed by atoms with Gasteiger partial charge < -0.3 is 10.4 Å². The Morgan fingerprint density at radius 1 is 1.08 bits per heavy atom. The second-order valence-corrected chi connectivity index (χ2v) is 7.38. The zero-order valence-electron chi connectivity index (χ0n) is 15.2. The molecule has 0 aromatic heterocycles. The molecule has 0 saturated heterocycles. The van der Waals surface area contributed by atoms with Crippen molar-refractivity contribution >= 4 is 11.9 Å². The molecule has 25 heavy (non-hydrogen) atoms. The third-order valence-electron chi connectivity index (χ3n) is 4.14. The third-order valence-corrected chi connectivity index (χ3v) is 4.14. The predicted molar refractivity (Wildman–Crippen MR) is 98.9 cm³/mol. The van der Waals surface area contributed by atoms with E-state index in [0.717, 1.165) is 16.7 Å². The zero-order valence-corrected chi connectivity index (χ0v) is 15.2. The van der Waals surface area contributed by atoms with E-state index in [0.29, 0.717) is 5.56 Å². The molecule has 0 aliphatic heterocycles. The summed E-state index contributed by atoms with van der Waals surface area (Å²) in [6.45, 7) is 8.26. The van der Waals surface area contributed by atoms with Crippen molar-refractivity contribution in [2.45, 2.75) is 45.6 Å². The van der Waals surface area contributed by atoms with Gasteiger partial charge in [-0.15, -0.1) is 0 Å². The van der Waals surface area contributed by atoms with Gasteiger partial charge in [0.1, 0.15) is 6.04 Å². The van der Waals surface area contributed by atoms with Gasteiger partial charge in [-0.25, -0.2) is 4.79 Å². The average Bonchev–Trinajstić information content (AvgIpc) is 2.53. The Morgan fingerprint density at radius 3 is 2.24 bits per heavy atom. The lowest BCUT2D eigenvalue weighted by atomic mass is 9.86. The van der Waals surface area contributed by atoms with Crippen LogP contribution in [0.4, 0.5) is 0 Å². The number of nitrogens with one attached hydrogen (secondary N) is 1. The molecule has 2 aromatic carbocycles. The van der Waals surface area contributed by atoms with Crippen LogP contribution in [-0.4, -0.2) is 23.0 Å². The van der Waals surface area contributed by atoms with Crippen LogP contribution in [0, 0.1) is 6.92 Å². The van der Waals surface area contributed by atoms with E-state index >= 15 is 0 Å². The maximum atomic E-state index is 12.4. The molecule has 2 rings (SSSR count). The third kappa shape index (κ3) is 5.18. The smallest absolute Gasteiger partial charge is 0.326 e.